The normalized spacial score (nSPS) is 16.3. The molecule has 1 amide bonds. The maximum absolute atomic E-state index is 12.9. The van der Waals surface area contributed by atoms with Gasteiger partial charge < -0.3 is 14.2 Å². The van der Waals surface area contributed by atoms with E-state index in [1.54, 1.807) is 34.0 Å². The van der Waals surface area contributed by atoms with Crippen molar-refractivity contribution in [3.63, 3.8) is 0 Å². The Morgan fingerprint density at radius 3 is 2.90 bits per heavy atom. The number of aryl methyl sites for hydroxylation is 1. The van der Waals surface area contributed by atoms with Gasteiger partial charge >= 0.3 is 0 Å². The third-order valence-electron chi connectivity index (χ3n) is 4.87. The minimum Gasteiger partial charge on any atom is -0.493 e. The van der Waals surface area contributed by atoms with Crippen LogP contribution in [0.25, 0.3) is 0 Å². The fourth-order valence-corrected chi connectivity index (χ4v) is 3.36. The molecule has 9 heteroatoms. The summed E-state index contributed by atoms with van der Waals surface area (Å²) in [5.74, 6) is 1.09. The first kappa shape index (κ1) is 19.1. The lowest BCUT2D eigenvalue weighted by molar-refractivity contribution is 0.0703. The van der Waals surface area contributed by atoms with Gasteiger partial charge in [-0.3, -0.25) is 9.48 Å². The van der Waals surface area contributed by atoms with Crippen LogP contribution in [0.5, 0.6) is 5.75 Å². The monoisotopic (exact) mass is 399 g/mol. The van der Waals surface area contributed by atoms with Crippen LogP contribution in [0, 0.1) is 5.82 Å². The van der Waals surface area contributed by atoms with E-state index < -0.39 is 0 Å². The van der Waals surface area contributed by atoms with E-state index in [-0.39, 0.29) is 17.8 Å². The third kappa shape index (κ3) is 4.28. The summed E-state index contributed by atoms with van der Waals surface area (Å²) >= 11 is 0. The smallest absolute Gasteiger partial charge is 0.275 e. The molecular formula is C20H22FN5O3. The van der Waals surface area contributed by atoms with E-state index in [4.69, 9.17) is 9.26 Å². The molecule has 8 nitrogen and oxygen atoms in total. The minimum absolute atomic E-state index is 0.126. The first-order valence-electron chi connectivity index (χ1n) is 9.69. The average molecular weight is 399 g/mol. The van der Waals surface area contributed by atoms with Crippen LogP contribution in [-0.2, 0) is 13.0 Å². The van der Waals surface area contributed by atoms with Crippen molar-refractivity contribution >= 4 is 5.91 Å². The maximum Gasteiger partial charge on any atom is 0.275 e. The van der Waals surface area contributed by atoms with Crippen molar-refractivity contribution in [2.75, 3.05) is 13.2 Å². The van der Waals surface area contributed by atoms with Crippen LogP contribution in [0.1, 0.15) is 48.0 Å². The fraction of sp³-hybridized carbons (Fsp3) is 0.400. The number of hydrogen-bond donors (Lipinski definition) is 0. The van der Waals surface area contributed by atoms with E-state index in [9.17, 15) is 9.18 Å². The Balaban J connectivity index is 1.37. The van der Waals surface area contributed by atoms with Crippen molar-refractivity contribution in [1.82, 2.24) is 24.8 Å². The van der Waals surface area contributed by atoms with Crippen molar-refractivity contribution in [3.05, 3.63) is 59.8 Å². The zero-order chi connectivity index (χ0) is 20.2. The Morgan fingerprint density at radius 2 is 2.14 bits per heavy atom. The Kier molecular flexibility index (Phi) is 5.55. The molecule has 1 saturated heterocycles. The number of hydrogen-bond acceptors (Lipinski definition) is 6. The molecule has 2 aromatic heterocycles. The lowest BCUT2D eigenvalue weighted by atomic mass is 10.2. The van der Waals surface area contributed by atoms with E-state index in [0.717, 1.165) is 12.8 Å². The molecule has 0 spiro atoms. The summed E-state index contributed by atoms with van der Waals surface area (Å²) in [6, 6.07) is 7.31. The topological polar surface area (TPSA) is 86.3 Å². The quantitative estimate of drug-likeness (QED) is 0.607. The van der Waals surface area contributed by atoms with Crippen LogP contribution in [0.3, 0.4) is 0 Å². The number of aromatic nitrogens is 4. The SMILES string of the molecule is CCn1ccc(C(=O)N2CCCC2c2nc(CCOc3ccc(F)cc3)no2)n1. The van der Waals surface area contributed by atoms with Gasteiger partial charge in [-0.05, 0) is 50.1 Å². The van der Waals surface area contributed by atoms with E-state index in [0.29, 0.717) is 49.3 Å². The summed E-state index contributed by atoms with van der Waals surface area (Å²) < 4.78 is 25.6. The summed E-state index contributed by atoms with van der Waals surface area (Å²) in [5, 5.41) is 8.31. The Hall–Kier alpha value is -3.23. The van der Waals surface area contributed by atoms with Gasteiger partial charge in [0.2, 0.25) is 5.89 Å². The fourth-order valence-electron chi connectivity index (χ4n) is 3.36. The molecule has 1 aromatic carbocycles. The minimum atomic E-state index is -0.308. The Labute approximate surface area is 167 Å². The van der Waals surface area contributed by atoms with Crippen LogP contribution < -0.4 is 4.74 Å². The van der Waals surface area contributed by atoms with Gasteiger partial charge in [0, 0.05) is 25.7 Å². The van der Waals surface area contributed by atoms with Crippen molar-refractivity contribution in [2.24, 2.45) is 0 Å². The molecule has 4 rings (SSSR count). The molecule has 152 valence electrons. The van der Waals surface area contributed by atoms with Gasteiger partial charge in [0.25, 0.3) is 5.91 Å². The van der Waals surface area contributed by atoms with Gasteiger partial charge in [0.1, 0.15) is 23.3 Å². The predicted molar refractivity (Wildman–Crippen MR) is 101 cm³/mol. The number of ether oxygens (including phenoxy) is 1. The lowest BCUT2D eigenvalue weighted by Gasteiger charge is -2.20. The highest BCUT2D eigenvalue weighted by Gasteiger charge is 2.35. The standard InChI is InChI=1S/C20H22FN5O3/c1-2-25-12-9-16(23-25)20(27)26-11-3-4-17(26)19-22-18(24-29-19)10-13-28-15-7-5-14(21)6-8-15/h5-9,12,17H,2-4,10-11,13H2,1H3. The third-order valence-corrected chi connectivity index (χ3v) is 4.87. The van der Waals surface area contributed by atoms with Gasteiger partial charge in [-0.15, -0.1) is 0 Å². The van der Waals surface area contributed by atoms with E-state index in [1.165, 1.54) is 12.1 Å². The van der Waals surface area contributed by atoms with Crippen LogP contribution in [0.4, 0.5) is 4.39 Å². The molecule has 1 aliphatic heterocycles. The second-order valence-corrected chi connectivity index (χ2v) is 6.81. The number of amides is 1. The van der Waals surface area contributed by atoms with Crippen LogP contribution >= 0.6 is 0 Å². The maximum atomic E-state index is 12.9. The van der Waals surface area contributed by atoms with Gasteiger partial charge in [0.05, 0.1) is 6.61 Å². The molecule has 1 aliphatic rings. The van der Waals surface area contributed by atoms with Crippen molar-refractivity contribution < 1.29 is 18.4 Å². The number of carbonyl (C=O) groups excluding carboxylic acids is 1. The number of benzene rings is 1. The van der Waals surface area contributed by atoms with E-state index >= 15 is 0 Å². The molecule has 0 saturated carbocycles. The number of likely N-dealkylation sites (tertiary alicyclic amines) is 1. The second-order valence-electron chi connectivity index (χ2n) is 6.81. The van der Waals surface area contributed by atoms with Crippen LogP contribution in [0.15, 0.2) is 41.1 Å². The Bertz CT molecular complexity index is 969. The number of halogens is 1. The molecule has 0 bridgehead atoms. The van der Waals surface area contributed by atoms with Gasteiger partial charge in [-0.25, -0.2) is 4.39 Å². The molecule has 1 atom stereocenters. The van der Waals surface area contributed by atoms with Crippen LogP contribution in [0.2, 0.25) is 0 Å². The molecular weight excluding hydrogens is 377 g/mol. The van der Waals surface area contributed by atoms with Crippen molar-refractivity contribution in [2.45, 2.75) is 38.8 Å². The first-order chi connectivity index (χ1) is 14.1. The summed E-state index contributed by atoms with van der Waals surface area (Å²) in [5.41, 5.74) is 0.422. The van der Waals surface area contributed by atoms with Gasteiger partial charge in [-0.2, -0.15) is 10.1 Å². The highest BCUT2D eigenvalue weighted by Crippen LogP contribution is 2.32. The van der Waals surface area contributed by atoms with Gasteiger partial charge in [-0.1, -0.05) is 5.16 Å². The highest BCUT2D eigenvalue weighted by molar-refractivity contribution is 5.92. The number of rotatable bonds is 7. The Morgan fingerprint density at radius 1 is 1.31 bits per heavy atom. The summed E-state index contributed by atoms with van der Waals surface area (Å²) in [4.78, 5) is 19.0. The second kappa shape index (κ2) is 8.42. The number of nitrogens with zero attached hydrogens (tertiary/aromatic N) is 5. The molecule has 1 fully saturated rings. The lowest BCUT2D eigenvalue weighted by Crippen LogP contribution is -2.31. The average Bonchev–Trinajstić information content (AvgIpc) is 3.48. The van der Waals surface area contributed by atoms with E-state index in [2.05, 4.69) is 15.2 Å². The molecule has 0 aliphatic carbocycles. The zero-order valence-electron chi connectivity index (χ0n) is 16.1. The van der Waals surface area contributed by atoms with Crippen molar-refractivity contribution in [3.8, 4) is 5.75 Å². The molecule has 3 heterocycles. The molecule has 29 heavy (non-hydrogen) atoms. The van der Waals surface area contributed by atoms with Crippen LogP contribution in [-0.4, -0.2) is 43.9 Å². The summed E-state index contributed by atoms with van der Waals surface area (Å²) in [7, 11) is 0. The largest absolute Gasteiger partial charge is 0.493 e. The van der Waals surface area contributed by atoms with E-state index in [1.807, 2.05) is 6.92 Å². The predicted octanol–water partition coefficient (Wildman–Crippen LogP) is 3.02. The molecule has 0 radical (unpaired) electrons. The highest BCUT2D eigenvalue weighted by atomic mass is 19.1. The first-order valence-corrected chi connectivity index (χ1v) is 9.69. The zero-order valence-corrected chi connectivity index (χ0v) is 16.1. The van der Waals surface area contributed by atoms with Crippen molar-refractivity contribution in [1.29, 1.82) is 0 Å². The number of carbonyl (C=O) groups is 1. The summed E-state index contributed by atoms with van der Waals surface area (Å²) in [6.45, 7) is 3.66. The molecule has 1 unspecified atom stereocenters. The molecule has 0 N–H and O–H groups in total. The summed E-state index contributed by atoms with van der Waals surface area (Å²) in [6.07, 6.45) is 3.89. The molecule has 3 aromatic rings. The van der Waals surface area contributed by atoms with Gasteiger partial charge in [0.15, 0.2) is 5.82 Å².